The van der Waals surface area contributed by atoms with E-state index in [9.17, 15) is 0 Å². The zero-order valence-electron chi connectivity index (χ0n) is 12.4. The van der Waals surface area contributed by atoms with Crippen molar-refractivity contribution in [1.29, 1.82) is 0 Å². The maximum Gasteiger partial charge on any atom is 0.0122 e. The SMILES string of the molecule is C=C(Cc1ccc(Sc2ccccc2)cc1)c1ccccc1. The molecular formula is C21H18S. The second kappa shape index (κ2) is 7.15. The molecule has 0 bridgehead atoms. The Morgan fingerprint density at radius 1 is 0.682 bits per heavy atom. The molecule has 0 unspecified atom stereocenters. The van der Waals surface area contributed by atoms with Gasteiger partial charge in [0.05, 0.1) is 0 Å². The molecule has 3 aromatic carbocycles. The lowest BCUT2D eigenvalue weighted by atomic mass is 10.00. The van der Waals surface area contributed by atoms with E-state index in [1.54, 1.807) is 11.8 Å². The predicted molar refractivity (Wildman–Crippen MR) is 96.2 cm³/mol. The predicted octanol–water partition coefficient (Wildman–Crippen LogP) is 6.09. The molecule has 0 aromatic heterocycles. The summed E-state index contributed by atoms with van der Waals surface area (Å²) in [5.41, 5.74) is 3.67. The van der Waals surface area contributed by atoms with E-state index < -0.39 is 0 Å². The summed E-state index contributed by atoms with van der Waals surface area (Å²) in [6, 6.07) is 29.6. The zero-order valence-corrected chi connectivity index (χ0v) is 13.2. The highest BCUT2D eigenvalue weighted by Crippen LogP contribution is 2.28. The molecule has 0 radical (unpaired) electrons. The average Bonchev–Trinajstić information content (AvgIpc) is 2.58. The number of benzene rings is 3. The van der Waals surface area contributed by atoms with Crippen LogP contribution in [-0.4, -0.2) is 0 Å². The van der Waals surface area contributed by atoms with E-state index in [2.05, 4.69) is 79.4 Å². The molecule has 0 aliphatic heterocycles. The Kier molecular flexibility index (Phi) is 4.77. The third-order valence-electron chi connectivity index (χ3n) is 3.50. The van der Waals surface area contributed by atoms with Crippen LogP contribution in [0.1, 0.15) is 11.1 Å². The first-order valence-electron chi connectivity index (χ1n) is 7.36. The van der Waals surface area contributed by atoms with E-state index >= 15 is 0 Å². The molecular weight excluding hydrogens is 284 g/mol. The molecule has 3 aromatic rings. The highest BCUT2D eigenvalue weighted by molar-refractivity contribution is 7.99. The molecule has 0 nitrogen and oxygen atoms in total. The molecule has 0 N–H and O–H groups in total. The highest BCUT2D eigenvalue weighted by Gasteiger charge is 2.02. The molecule has 0 amide bonds. The van der Waals surface area contributed by atoms with Crippen LogP contribution >= 0.6 is 11.8 Å². The van der Waals surface area contributed by atoms with E-state index in [1.807, 2.05) is 12.1 Å². The number of hydrogen-bond donors (Lipinski definition) is 0. The minimum atomic E-state index is 0.889. The second-order valence-electron chi connectivity index (χ2n) is 5.21. The largest absolute Gasteiger partial charge is 0.0949 e. The van der Waals surface area contributed by atoms with Gasteiger partial charge < -0.3 is 0 Å². The fourth-order valence-electron chi connectivity index (χ4n) is 2.32. The van der Waals surface area contributed by atoms with Gasteiger partial charge >= 0.3 is 0 Å². The Hall–Kier alpha value is -2.25. The number of hydrogen-bond acceptors (Lipinski definition) is 1. The minimum Gasteiger partial charge on any atom is -0.0949 e. The van der Waals surface area contributed by atoms with Crippen molar-refractivity contribution >= 4 is 17.3 Å². The summed E-state index contributed by atoms with van der Waals surface area (Å²) in [5, 5.41) is 0. The molecule has 0 fully saturated rings. The standard InChI is InChI=1S/C21H18S/c1-17(19-8-4-2-5-9-19)16-18-12-14-21(15-13-18)22-20-10-6-3-7-11-20/h2-15H,1,16H2. The normalized spacial score (nSPS) is 10.4. The van der Waals surface area contributed by atoms with Gasteiger partial charge in [0.25, 0.3) is 0 Å². The lowest BCUT2D eigenvalue weighted by molar-refractivity contribution is 1.26. The lowest BCUT2D eigenvalue weighted by Crippen LogP contribution is -1.89. The molecule has 22 heavy (non-hydrogen) atoms. The third kappa shape index (κ3) is 3.90. The molecule has 0 saturated carbocycles. The van der Waals surface area contributed by atoms with Crippen LogP contribution in [0.4, 0.5) is 0 Å². The molecule has 0 aliphatic rings. The quantitative estimate of drug-likeness (QED) is 0.549. The maximum atomic E-state index is 4.21. The van der Waals surface area contributed by atoms with Gasteiger partial charge in [-0.2, -0.15) is 0 Å². The molecule has 3 rings (SSSR count). The van der Waals surface area contributed by atoms with Gasteiger partial charge in [0.1, 0.15) is 0 Å². The Morgan fingerprint density at radius 3 is 1.86 bits per heavy atom. The zero-order chi connectivity index (χ0) is 15.2. The van der Waals surface area contributed by atoms with Crippen LogP contribution in [-0.2, 0) is 6.42 Å². The van der Waals surface area contributed by atoms with Crippen LogP contribution in [0.5, 0.6) is 0 Å². The molecule has 108 valence electrons. The van der Waals surface area contributed by atoms with Gasteiger partial charge in [-0.3, -0.25) is 0 Å². The van der Waals surface area contributed by atoms with Gasteiger partial charge in [-0.05, 0) is 47.4 Å². The first kappa shape index (κ1) is 14.7. The van der Waals surface area contributed by atoms with Crippen LogP contribution in [0.15, 0.2) is 101 Å². The van der Waals surface area contributed by atoms with Gasteiger partial charge in [0.2, 0.25) is 0 Å². The van der Waals surface area contributed by atoms with Gasteiger partial charge in [-0.1, -0.05) is 79.0 Å². The lowest BCUT2D eigenvalue weighted by Gasteiger charge is -2.07. The Bertz CT molecular complexity index is 728. The van der Waals surface area contributed by atoms with Crippen LogP contribution in [0.2, 0.25) is 0 Å². The van der Waals surface area contributed by atoms with Gasteiger partial charge in [-0.25, -0.2) is 0 Å². The van der Waals surface area contributed by atoms with Crippen molar-refractivity contribution in [3.63, 3.8) is 0 Å². The summed E-state index contributed by atoms with van der Waals surface area (Å²) in [6.07, 6.45) is 0.889. The van der Waals surface area contributed by atoms with Crippen molar-refractivity contribution < 1.29 is 0 Å². The highest BCUT2D eigenvalue weighted by atomic mass is 32.2. The molecule has 0 saturated heterocycles. The van der Waals surface area contributed by atoms with Crippen LogP contribution in [0, 0.1) is 0 Å². The topological polar surface area (TPSA) is 0 Å². The van der Waals surface area contributed by atoms with Crippen LogP contribution in [0.25, 0.3) is 5.57 Å². The summed E-state index contributed by atoms with van der Waals surface area (Å²) in [6.45, 7) is 4.21. The van der Waals surface area contributed by atoms with Crippen molar-refractivity contribution in [2.24, 2.45) is 0 Å². The Morgan fingerprint density at radius 2 is 1.23 bits per heavy atom. The Balaban J connectivity index is 1.66. The van der Waals surface area contributed by atoms with Crippen molar-refractivity contribution in [2.75, 3.05) is 0 Å². The maximum absolute atomic E-state index is 4.21. The fourth-order valence-corrected chi connectivity index (χ4v) is 3.16. The van der Waals surface area contributed by atoms with Gasteiger partial charge in [-0.15, -0.1) is 0 Å². The fraction of sp³-hybridized carbons (Fsp3) is 0.0476. The van der Waals surface area contributed by atoms with Crippen LogP contribution < -0.4 is 0 Å². The number of allylic oxidation sites excluding steroid dienone is 1. The van der Waals surface area contributed by atoms with Crippen molar-refractivity contribution in [1.82, 2.24) is 0 Å². The smallest absolute Gasteiger partial charge is 0.0122 e. The Labute approximate surface area is 136 Å². The third-order valence-corrected chi connectivity index (χ3v) is 4.52. The first-order valence-corrected chi connectivity index (χ1v) is 8.18. The van der Waals surface area contributed by atoms with E-state index in [-0.39, 0.29) is 0 Å². The average molecular weight is 302 g/mol. The molecule has 0 heterocycles. The van der Waals surface area contributed by atoms with Crippen molar-refractivity contribution in [2.45, 2.75) is 16.2 Å². The second-order valence-corrected chi connectivity index (χ2v) is 6.35. The summed E-state index contributed by atoms with van der Waals surface area (Å²) in [4.78, 5) is 2.53. The van der Waals surface area contributed by atoms with E-state index in [1.165, 1.54) is 20.9 Å². The van der Waals surface area contributed by atoms with E-state index in [0.29, 0.717) is 0 Å². The molecule has 0 aliphatic carbocycles. The summed E-state index contributed by atoms with van der Waals surface area (Å²) < 4.78 is 0. The first-order chi connectivity index (χ1) is 10.8. The van der Waals surface area contributed by atoms with Crippen molar-refractivity contribution in [3.8, 4) is 0 Å². The minimum absolute atomic E-state index is 0.889. The molecule has 0 atom stereocenters. The molecule has 1 heteroatoms. The summed E-state index contributed by atoms with van der Waals surface area (Å²) in [7, 11) is 0. The van der Waals surface area contributed by atoms with Crippen LogP contribution in [0.3, 0.4) is 0 Å². The van der Waals surface area contributed by atoms with Gasteiger partial charge in [0, 0.05) is 9.79 Å². The monoisotopic (exact) mass is 302 g/mol. The number of rotatable bonds is 5. The van der Waals surface area contributed by atoms with Gasteiger partial charge in [0.15, 0.2) is 0 Å². The van der Waals surface area contributed by atoms with E-state index in [4.69, 9.17) is 0 Å². The molecule has 0 spiro atoms. The van der Waals surface area contributed by atoms with E-state index in [0.717, 1.165) is 12.0 Å². The van der Waals surface area contributed by atoms with Crippen molar-refractivity contribution in [3.05, 3.63) is 103 Å². The summed E-state index contributed by atoms with van der Waals surface area (Å²) in [5.74, 6) is 0. The summed E-state index contributed by atoms with van der Waals surface area (Å²) >= 11 is 1.79.